The topological polar surface area (TPSA) is 12.4 Å². The van der Waals surface area contributed by atoms with E-state index in [2.05, 4.69) is 240 Å². The molecule has 14 rings (SSSR count). The van der Waals surface area contributed by atoms with Crippen LogP contribution in [0.3, 0.4) is 0 Å². The molecular formula is C69H57NS. The van der Waals surface area contributed by atoms with Crippen molar-refractivity contribution in [2.24, 2.45) is 16.8 Å². The predicted octanol–water partition coefficient (Wildman–Crippen LogP) is 17.3. The minimum atomic E-state index is -0.579. The molecule has 0 amide bonds. The van der Waals surface area contributed by atoms with Crippen molar-refractivity contribution in [1.82, 2.24) is 0 Å². The average Bonchev–Trinajstić information content (AvgIpc) is 3.84. The molecule has 71 heavy (non-hydrogen) atoms. The monoisotopic (exact) mass is 931 g/mol. The van der Waals surface area contributed by atoms with Crippen LogP contribution in [0.4, 0.5) is 0 Å². The molecule has 2 heterocycles. The SMILES string of the molecule is CCC1C(c2cccc3c2-c2ccccc2C32c3ccccc3C3(c4ccccc4Sc4ccccc43)c3ccccc32)=NC(c2ccc3c(c2)C(C)(C)c2ccccc2-3)C(C)CCC1c1ccccc1. The van der Waals surface area contributed by atoms with Gasteiger partial charge in [0.05, 0.1) is 16.9 Å². The maximum atomic E-state index is 6.31. The van der Waals surface area contributed by atoms with E-state index in [4.69, 9.17) is 4.99 Å². The van der Waals surface area contributed by atoms with Gasteiger partial charge in [-0.25, -0.2) is 0 Å². The van der Waals surface area contributed by atoms with Crippen LogP contribution in [0.2, 0.25) is 0 Å². The summed E-state index contributed by atoms with van der Waals surface area (Å²) >= 11 is 1.91. The second kappa shape index (κ2) is 16.0. The molecule has 0 saturated carbocycles. The second-order valence-corrected chi connectivity index (χ2v) is 22.6. The molecule has 4 atom stereocenters. The van der Waals surface area contributed by atoms with E-state index >= 15 is 0 Å². The van der Waals surface area contributed by atoms with Crippen molar-refractivity contribution in [1.29, 1.82) is 0 Å². The summed E-state index contributed by atoms with van der Waals surface area (Å²) in [5.74, 6) is 0.875. The van der Waals surface area contributed by atoms with E-state index in [1.54, 1.807) is 0 Å². The van der Waals surface area contributed by atoms with E-state index in [0.717, 1.165) is 19.3 Å². The molecule has 0 N–H and O–H groups in total. The average molecular weight is 932 g/mol. The Balaban J connectivity index is 1.04. The van der Waals surface area contributed by atoms with Crippen LogP contribution in [0.25, 0.3) is 22.3 Å². The Hall–Kier alpha value is -7.00. The lowest BCUT2D eigenvalue weighted by atomic mass is 9.51. The molecule has 344 valence electrons. The summed E-state index contributed by atoms with van der Waals surface area (Å²) in [6.45, 7) is 9.70. The number of nitrogens with zero attached hydrogens (tertiary/aromatic N) is 1. The molecule has 9 aromatic carbocycles. The van der Waals surface area contributed by atoms with E-state index in [9.17, 15) is 0 Å². The van der Waals surface area contributed by atoms with Crippen molar-refractivity contribution >= 4 is 17.5 Å². The third-order valence-electron chi connectivity index (χ3n) is 17.8. The lowest BCUT2D eigenvalue weighted by Crippen LogP contribution is -2.45. The highest BCUT2D eigenvalue weighted by Crippen LogP contribution is 2.67. The van der Waals surface area contributed by atoms with Crippen molar-refractivity contribution in [3.05, 3.63) is 285 Å². The van der Waals surface area contributed by atoms with Crippen molar-refractivity contribution in [2.45, 2.75) is 85.0 Å². The smallest absolute Gasteiger partial charge is 0.0778 e. The first kappa shape index (κ1) is 42.8. The summed E-state index contributed by atoms with van der Waals surface area (Å²) in [5.41, 5.74) is 23.2. The zero-order valence-electron chi connectivity index (χ0n) is 41.0. The molecule has 2 heteroatoms. The molecule has 5 aliphatic rings. The fourth-order valence-electron chi connectivity index (χ4n) is 14.8. The zero-order valence-corrected chi connectivity index (χ0v) is 41.8. The van der Waals surface area contributed by atoms with Gasteiger partial charge in [-0.3, -0.25) is 4.99 Å². The van der Waals surface area contributed by atoms with Crippen LogP contribution >= 0.6 is 11.8 Å². The predicted molar refractivity (Wildman–Crippen MR) is 294 cm³/mol. The van der Waals surface area contributed by atoms with Crippen molar-refractivity contribution < 1.29 is 0 Å². The van der Waals surface area contributed by atoms with Gasteiger partial charge >= 0.3 is 0 Å². The molecular weight excluding hydrogens is 875 g/mol. The Morgan fingerprint density at radius 1 is 0.437 bits per heavy atom. The van der Waals surface area contributed by atoms with Gasteiger partial charge in [0.1, 0.15) is 0 Å². The Bertz CT molecular complexity index is 3550. The van der Waals surface area contributed by atoms with Crippen molar-refractivity contribution in [3.8, 4) is 22.3 Å². The summed E-state index contributed by atoms with van der Waals surface area (Å²) in [7, 11) is 0. The van der Waals surface area contributed by atoms with Crippen LogP contribution in [0.15, 0.2) is 227 Å². The van der Waals surface area contributed by atoms with Gasteiger partial charge in [-0.05, 0) is 132 Å². The maximum absolute atomic E-state index is 6.31. The minimum Gasteiger partial charge on any atom is -0.280 e. The fourth-order valence-corrected chi connectivity index (χ4v) is 16.0. The normalized spacial score (nSPS) is 21.0. The summed E-state index contributed by atoms with van der Waals surface area (Å²) in [6, 6.07) is 81.9. The van der Waals surface area contributed by atoms with E-state index in [1.807, 2.05) is 11.8 Å². The van der Waals surface area contributed by atoms with Crippen LogP contribution in [0.5, 0.6) is 0 Å². The van der Waals surface area contributed by atoms with Crippen LogP contribution in [-0.4, -0.2) is 5.71 Å². The van der Waals surface area contributed by atoms with Gasteiger partial charge in [0.2, 0.25) is 0 Å². The van der Waals surface area contributed by atoms with E-state index < -0.39 is 10.8 Å². The second-order valence-electron chi connectivity index (χ2n) is 21.5. The number of fused-ring (bicyclic) bond motifs is 18. The Labute approximate surface area is 423 Å². The zero-order chi connectivity index (χ0) is 47.6. The van der Waals surface area contributed by atoms with E-state index in [-0.39, 0.29) is 17.4 Å². The lowest BCUT2D eigenvalue weighted by molar-refractivity contribution is 0.362. The Morgan fingerprint density at radius 3 is 1.56 bits per heavy atom. The van der Waals surface area contributed by atoms with Gasteiger partial charge in [-0.1, -0.05) is 240 Å². The van der Waals surface area contributed by atoms with E-state index in [0.29, 0.717) is 11.8 Å². The number of aliphatic imine (C=N–C) groups is 1. The summed E-state index contributed by atoms with van der Waals surface area (Å²) < 4.78 is 0. The van der Waals surface area contributed by atoms with Gasteiger partial charge in [0.15, 0.2) is 0 Å². The molecule has 0 fully saturated rings. The minimum absolute atomic E-state index is 0.00217. The maximum Gasteiger partial charge on any atom is 0.0778 e. The van der Waals surface area contributed by atoms with Crippen LogP contribution in [0.1, 0.15) is 131 Å². The first-order valence-electron chi connectivity index (χ1n) is 26.0. The standard InChI is InChI=1S/C69H57NS/c1-5-46-47(44-22-7-6-8-23-44)40-38-43(2)65(45-39-41-49-48-24-9-11-27-52(48)67(3,4)61(49)42-45)70-66(46)51-26-21-35-60-64(51)50-25-10-12-28-53(50)68(60)54-29-13-15-31-56(54)69(57-32-16-14-30-55(57)68)58-33-17-19-36-62(58)71-63-37-20-18-34-59(63)69/h6-37,39,41-43,46-47,65H,5,38,40H2,1-4H3. The first-order valence-corrected chi connectivity index (χ1v) is 26.9. The summed E-state index contributed by atoms with van der Waals surface area (Å²) in [5, 5.41) is 0. The number of benzene rings is 9. The molecule has 0 aromatic heterocycles. The Kier molecular flexibility index (Phi) is 9.66. The van der Waals surface area contributed by atoms with Gasteiger partial charge in [-0.2, -0.15) is 0 Å². The highest BCUT2D eigenvalue weighted by Gasteiger charge is 2.58. The Morgan fingerprint density at radius 2 is 0.930 bits per heavy atom. The molecule has 0 saturated heterocycles. The molecule has 9 aromatic rings. The number of hydrogen-bond donors (Lipinski definition) is 0. The van der Waals surface area contributed by atoms with E-state index in [1.165, 1.54) is 110 Å². The summed E-state index contributed by atoms with van der Waals surface area (Å²) in [6.07, 6.45) is 3.21. The quantitative estimate of drug-likeness (QED) is 0.171. The molecule has 4 unspecified atom stereocenters. The number of rotatable bonds is 4. The van der Waals surface area contributed by atoms with Gasteiger partial charge in [0, 0.05) is 32.4 Å². The lowest BCUT2D eigenvalue weighted by Gasteiger charge is -2.51. The molecule has 0 radical (unpaired) electrons. The largest absolute Gasteiger partial charge is 0.280 e. The highest BCUT2D eigenvalue weighted by atomic mass is 32.2. The molecule has 0 bridgehead atoms. The molecule has 2 aliphatic heterocycles. The van der Waals surface area contributed by atoms with Gasteiger partial charge in [-0.15, -0.1) is 0 Å². The van der Waals surface area contributed by atoms with Gasteiger partial charge < -0.3 is 0 Å². The summed E-state index contributed by atoms with van der Waals surface area (Å²) in [4.78, 5) is 8.96. The highest BCUT2D eigenvalue weighted by molar-refractivity contribution is 7.99. The van der Waals surface area contributed by atoms with Crippen LogP contribution in [-0.2, 0) is 16.2 Å². The third kappa shape index (κ3) is 5.80. The third-order valence-corrected chi connectivity index (χ3v) is 19.0. The van der Waals surface area contributed by atoms with Crippen molar-refractivity contribution in [2.75, 3.05) is 0 Å². The molecule has 1 nitrogen and oxygen atoms in total. The molecule has 3 aliphatic carbocycles. The van der Waals surface area contributed by atoms with Gasteiger partial charge in [0.25, 0.3) is 0 Å². The first-order chi connectivity index (χ1) is 34.9. The van der Waals surface area contributed by atoms with Crippen LogP contribution < -0.4 is 0 Å². The van der Waals surface area contributed by atoms with Crippen LogP contribution in [0, 0.1) is 11.8 Å². The van der Waals surface area contributed by atoms with Crippen molar-refractivity contribution in [3.63, 3.8) is 0 Å². The molecule has 2 spiro atoms. The number of hydrogen-bond acceptors (Lipinski definition) is 2. The fraction of sp³-hybridized carbons (Fsp3) is 0.203.